The van der Waals surface area contributed by atoms with Gasteiger partial charge in [0, 0.05) is 23.6 Å². The van der Waals surface area contributed by atoms with Crippen LogP contribution in [0.25, 0.3) is 0 Å². The van der Waals surface area contributed by atoms with E-state index < -0.39 is 47.1 Å². The number of rotatable bonds is 11. The summed E-state index contributed by atoms with van der Waals surface area (Å²) in [6.45, 7) is 1.28. The summed E-state index contributed by atoms with van der Waals surface area (Å²) in [6.07, 6.45) is 4.09. The Morgan fingerprint density at radius 1 is 0.395 bits per heavy atom. The van der Waals surface area contributed by atoms with Gasteiger partial charge in [0.05, 0.1) is 50.3 Å². The Morgan fingerprint density at radius 3 is 0.750 bits per heavy atom. The Morgan fingerprint density at radius 2 is 0.566 bits per heavy atom. The molecule has 0 bridgehead atoms. The van der Waals surface area contributed by atoms with E-state index in [1.807, 2.05) is 12.4 Å². The van der Waals surface area contributed by atoms with Gasteiger partial charge >= 0.3 is 62.2 Å². The van der Waals surface area contributed by atoms with Gasteiger partial charge in [0.15, 0.2) is 20.2 Å². The van der Waals surface area contributed by atoms with Gasteiger partial charge < -0.3 is 9.11 Å². The van der Waals surface area contributed by atoms with Gasteiger partial charge in [0.1, 0.15) is 31.8 Å². The van der Waals surface area contributed by atoms with Crippen LogP contribution in [-0.4, -0.2) is 115 Å². The van der Waals surface area contributed by atoms with Crippen molar-refractivity contribution in [2.45, 2.75) is 11.0 Å². The van der Waals surface area contributed by atoms with Crippen molar-refractivity contribution in [3.8, 4) is 0 Å². The van der Waals surface area contributed by atoms with E-state index in [0.29, 0.717) is 13.1 Å². The van der Waals surface area contributed by atoms with Crippen LogP contribution in [0.4, 0.5) is 26.3 Å². The van der Waals surface area contributed by atoms with Gasteiger partial charge in [-0.15, -0.1) is 92.8 Å². The van der Waals surface area contributed by atoms with Crippen molar-refractivity contribution in [1.29, 1.82) is 0 Å². The van der Waals surface area contributed by atoms with Gasteiger partial charge in [0.25, 0.3) is 0 Å². The van der Waals surface area contributed by atoms with E-state index in [1.54, 1.807) is 0 Å². The topological polar surface area (TPSA) is 139 Å². The summed E-state index contributed by atoms with van der Waals surface area (Å²) in [5.41, 5.74) is -8.93. The summed E-state index contributed by atoms with van der Waals surface area (Å²) in [7, 11) is -5.23. The molecule has 30 heteroatoms. The molecule has 416 valence electrons. The monoisotopic (exact) mass is 1460 g/mol. The van der Waals surface area contributed by atoms with Crippen LogP contribution in [0.15, 0.2) is 180 Å². The average molecular weight is 1460 g/mol. The van der Waals surface area contributed by atoms with E-state index in [1.165, 1.54) is 74.1 Å². The Bertz CT molecular complexity index is 2400. The molecule has 6 radical (unpaired) electrons. The van der Waals surface area contributed by atoms with Crippen molar-refractivity contribution < 1.29 is 52.3 Å². The molecule has 0 amide bonds. The number of halogens is 16. The number of alkyl halides is 14. The van der Waals surface area contributed by atoms with Crippen LogP contribution in [0.3, 0.4) is 0 Å². The van der Waals surface area contributed by atoms with Crippen molar-refractivity contribution in [3.63, 3.8) is 0 Å². The standard InChI is InChI=1S/C40H34N2P2.4CH2Cl2.2CHF3O3S.2ClGe/c1-5-19-35(20-6-1)43(36-21-7-2-8-22-36)39-27-15-13-17-33(39)31-41-29-30-42-32-34-18-14-16-28-40(34)44(37-23-9-3-10-24-37)38-25-11-4-12-26-38;4*2-1-3;2*2-1(3,4)8(5,6)7;2*1-2/h1-28,31-32H,29-30H2;4*1H2;2*(H,5,6,7);;. The molecule has 6 aromatic rings. The maximum absolute atomic E-state index is 10.7. The van der Waals surface area contributed by atoms with E-state index in [4.69, 9.17) is 129 Å². The number of benzene rings is 6. The van der Waals surface area contributed by atoms with Crippen LogP contribution >= 0.6 is 129 Å². The molecule has 0 aliphatic heterocycles. The second kappa shape index (κ2) is 47.5. The molecule has 8 nitrogen and oxygen atoms in total. The Kier molecular flexibility index (Phi) is 49.5. The van der Waals surface area contributed by atoms with Crippen LogP contribution in [-0.2, 0) is 20.2 Å². The molecule has 0 heterocycles. The molecule has 0 aromatic heterocycles. The van der Waals surface area contributed by atoms with Gasteiger partial charge in [-0.05, 0) is 72.8 Å². The minimum absolute atomic E-state index is 0.194. The van der Waals surface area contributed by atoms with Crippen LogP contribution in [0, 0.1) is 0 Å². The van der Waals surface area contributed by atoms with E-state index in [2.05, 4.69) is 190 Å². The second-order valence-corrected chi connectivity index (χ2v) is 23.5. The molecule has 0 aliphatic rings. The number of hydrogen-bond donors (Lipinski definition) is 0. The molecule has 6 rings (SSSR count). The zero-order valence-corrected chi connectivity index (χ0v) is 54.2. The molecule has 0 unspecified atom stereocenters. The molecule has 0 fully saturated rings. The summed E-state index contributed by atoms with van der Waals surface area (Å²) >= 11 is 41.1. The molecular weight excluding hydrogens is 1420 g/mol. The van der Waals surface area contributed by atoms with Crippen LogP contribution in [0.1, 0.15) is 11.1 Å². The van der Waals surface area contributed by atoms with Gasteiger partial charge in [-0.25, -0.2) is 16.8 Å². The first-order valence-electron chi connectivity index (χ1n) is 20.1. The average Bonchev–Trinajstić information content (AvgIpc) is 3.39. The first-order valence-corrected chi connectivity index (χ1v) is 35.7. The molecule has 0 aliphatic carbocycles. The summed E-state index contributed by atoms with van der Waals surface area (Å²) < 4.78 is 118. The molecule has 6 aromatic carbocycles. The zero-order valence-electron chi connectivity index (χ0n) is 38.8. The van der Waals surface area contributed by atoms with Crippen molar-refractivity contribution >= 4 is 224 Å². The quantitative estimate of drug-likeness (QED) is 0.0185. The van der Waals surface area contributed by atoms with Crippen molar-refractivity contribution in [1.82, 2.24) is 0 Å². The molecule has 0 spiro atoms. The molecule has 0 atom stereocenters. The Labute approximate surface area is 508 Å². The molecule has 0 saturated heterocycles. The van der Waals surface area contributed by atoms with Crippen molar-refractivity contribution in [2.75, 3.05) is 34.4 Å². The van der Waals surface area contributed by atoms with E-state index in [0.717, 1.165) is 0 Å². The molecule has 0 N–H and O–H groups in total. The van der Waals surface area contributed by atoms with Gasteiger partial charge in [-0.2, -0.15) is 26.3 Å². The molecule has 0 saturated carbocycles. The predicted octanol–water partition coefficient (Wildman–Crippen LogP) is 12.6. The first-order chi connectivity index (χ1) is 36.0. The van der Waals surface area contributed by atoms with Crippen LogP contribution in [0.2, 0.25) is 0 Å². The van der Waals surface area contributed by atoms with Crippen molar-refractivity contribution in [2.24, 2.45) is 9.98 Å². The van der Waals surface area contributed by atoms with Gasteiger partial charge in [-0.1, -0.05) is 97.1 Å². The van der Waals surface area contributed by atoms with Gasteiger partial charge in [-0.3, -0.25) is 9.98 Å². The minimum atomic E-state index is -6.09. The fourth-order valence-electron chi connectivity index (χ4n) is 5.49. The van der Waals surface area contributed by atoms with Crippen LogP contribution < -0.4 is 31.8 Å². The zero-order chi connectivity index (χ0) is 58.6. The van der Waals surface area contributed by atoms with E-state index >= 15 is 0 Å². The molecule has 76 heavy (non-hydrogen) atoms. The van der Waals surface area contributed by atoms with E-state index in [9.17, 15) is 26.3 Å². The Hall–Kier alpha value is -1.09. The fourth-order valence-corrected chi connectivity index (χ4v) is 10.9. The predicted molar refractivity (Wildman–Crippen MR) is 319 cm³/mol. The van der Waals surface area contributed by atoms with Gasteiger partial charge in [0.2, 0.25) is 0 Å². The summed E-state index contributed by atoms with van der Waals surface area (Å²) in [5, 5.41) is 8.99. The van der Waals surface area contributed by atoms with Crippen molar-refractivity contribution in [3.05, 3.63) is 181 Å². The third-order valence-electron chi connectivity index (χ3n) is 8.10. The van der Waals surface area contributed by atoms with E-state index in [-0.39, 0.29) is 21.4 Å². The fraction of sp³-hybridized carbons (Fsp3) is 0.174. The number of nitrogens with zero attached hydrogens (tertiary/aromatic N) is 2. The third kappa shape index (κ3) is 34.9. The summed E-state index contributed by atoms with van der Waals surface area (Å²) in [4.78, 5) is 9.68. The summed E-state index contributed by atoms with van der Waals surface area (Å²) in [6, 6.07) is 60.9. The normalized spacial score (nSPS) is 10.8. The maximum atomic E-state index is 10.7. The second-order valence-electron chi connectivity index (χ2n) is 12.7. The SMILES string of the molecule is C(=NCCN=Cc1ccccc1[PH+](c1ccccc1)c1ccccc1)c1ccccc1[PH+](c1ccccc1)c1ccccc1.ClCCl.ClCCl.ClCCl.ClCCl.O=S(=O)([O-])C(F)(F)F.O=S(=O)([O-])C(F)(F)F.[Cl][Ge].[Cl][Ge]. The number of aliphatic imine (C=N–C) groups is 2. The molecular formula is C46H44Cl10F6Ge2N2O6P2S2. The summed E-state index contributed by atoms with van der Waals surface area (Å²) in [5.74, 6) is 0. The Balaban J connectivity index is -0.00000137. The van der Waals surface area contributed by atoms with Crippen LogP contribution in [0.5, 0.6) is 0 Å². The third-order valence-corrected chi connectivity index (χ3v) is 14.9. The number of hydrogen-bond acceptors (Lipinski definition) is 8. The first kappa shape index (κ1) is 79.1.